The molecule has 0 saturated carbocycles. The summed E-state index contributed by atoms with van der Waals surface area (Å²) in [4.78, 5) is 18.8. The molecule has 1 aromatic rings. The average Bonchev–Trinajstić information content (AvgIpc) is 2.02. The highest BCUT2D eigenvalue weighted by atomic mass is 16.5. The smallest absolute Gasteiger partial charge is 0.316 e. The van der Waals surface area contributed by atoms with Gasteiger partial charge in [-0.15, -0.1) is 0 Å². The summed E-state index contributed by atoms with van der Waals surface area (Å²) >= 11 is 0. The Morgan fingerprint density at radius 2 is 1.79 bits per heavy atom. The molecule has 0 saturated heterocycles. The lowest BCUT2D eigenvalue weighted by atomic mass is 10.2. The van der Waals surface area contributed by atoms with E-state index in [1.54, 1.807) is 0 Å². The number of rotatable bonds is 2. The third-order valence-corrected chi connectivity index (χ3v) is 1.43. The first kappa shape index (κ1) is 10.6. The minimum Gasteiger partial charge on any atom is -0.458 e. The second-order valence-electron chi connectivity index (χ2n) is 4.02. The van der Waals surface area contributed by atoms with Gasteiger partial charge in [0.15, 0.2) is 5.78 Å². The van der Waals surface area contributed by atoms with E-state index in [1.807, 2.05) is 20.8 Å². The van der Waals surface area contributed by atoms with Crippen LogP contribution in [0.15, 0.2) is 12.4 Å². The molecule has 1 aromatic heterocycles. The van der Waals surface area contributed by atoms with E-state index >= 15 is 0 Å². The van der Waals surface area contributed by atoms with Crippen LogP contribution in [0.2, 0.25) is 0 Å². The molecule has 0 amide bonds. The largest absolute Gasteiger partial charge is 0.458 e. The number of ether oxygens (including phenoxy) is 1. The van der Waals surface area contributed by atoms with Crippen molar-refractivity contribution < 1.29 is 9.53 Å². The van der Waals surface area contributed by atoms with Gasteiger partial charge in [-0.2, -0.15) is 0 Å². The van der Waals surface area contributed by atoms with Crippen LogP contribution in [-0.4, -0.2) is 21.4 Å². The van der Waals surface area contributed by atoms with Gasteiger partial charge in [-0.25, -0.2) is 9.97 Å². The highest BCUT2D eigenvalue weighted by molar-refractivity contribution is 5.93. The Labute approximate surface area is 83.3 Å². The van der Waals surface area contributed by atoms with Gasteiger partial charge in [0.05, 0.1) is 5.56 Å². The Morgan fingerprint density at radius 1 is 1.29 bits per heavy atom. The maximum atomic E-state index is 10.9. The van der Waals surface area contributed by atoms with Crippen LogP contribution in [0, 0.1) is 0 Å². The molecule has 0 aromatic carbocycles. The van der Waals surface area contributed by atoms with E-state index in [4.69, 9.17) is 4.74 Å². The molecular weight excluding hydrogens is 180 g/mol. The second kappa shape index (κ2) is 3.74. The maximum absolute atomic E-state index is 10.9. The summed E-state index contributed by atoms with van der Waals surface area (Å²) in [6, 6.07) is 0.294. The van der Waals surface area contributed by atoms with Gasteiger partial charge >= 0.3 is 6.01 Å². The third kappa shape index (κ3) is 3.12. The van der Waals surface area contributed by atoms with E-state index in [-0.39, 0.29) is 11.4 Å². The summed E-state index contributed by atoms with van der Waals surface area (Å²) in [6.45, 7) is 7.21. The quantitative estimate of drug-likeness (QED) is 0.674. The van der Waals surface area contributed by atoms with Crippen molar-refractivity contribution >= 4 is 5.78 Å². The molecule has 1 rings (SSSR count). The molecule has 14 heavy (non-hydrogen) atoms. The zero-order valence-electron chi connectivity index (χ0n) is 8.87. The monoisotopic (exact) mass is 194 g/mol. The molecule has 76 valence electrons. The van der Waals surface area contributed by atoms with E-state index in [0.717, 1.165) is 0 Å². The molecule has 0 N–H and O–H groups in total. The summed E-state index contributed by atoms with van der Waals surface area (Å²) in [5.74, 6) is -0.0488. The molecule has 0 fully saturated rings. The molecule has 0 spiro atoms. The Kier molecular flexibility index (Phi) is 2.84. The molecule has 0 unspecified atom stereocenters. The van der Waals surface area contributed by atoms with Crippen LogP contribution in [0.4, 0.5) is 0 Å². The minimum atomic E-state index is -0.322. The zero-order valence-corrected chi connectivity index (χ0v) is 8.87. The average molecular weight is 194 g/mol. The number of nitrogens with zero attached hydrogens (tertiary/aromatic N) is 2. The lowest BCUT2D eigenvalue weighted by Gasteiger charge is -2.18. The fourth-order valence-corrected chi connectivity index (χ4v) is 0.825. The number of hydrogen-bond donors (Lipinski definition) is 0. The second-order valence-corrected chi connectivity index (χ2v) is 4.02. The Hall–Kier alpha value is -1.45. The van der Waals surface area contributed by atoms with Gasteiger partial charge in [0, 0.05) is 12.4 Å². The summed E-state index contributed by atoms with van der Waals surface area (Å²) < 4.78 is 5.40. The molecular formula is C10H14N2O2. The van der Waals surface area contributed by atoms with Crippen molar-refractivity contribution in [1.82, 2.24) is 9.97 Å². The van der Waals surface area contributed by atoms with Crippen molar-refractivity contribution in [2.75, 3.05) is 0 Å². The van der Waals surface area contributed by atoms with Crippen molar-refractivity contribution in [2.45, 2.75) is 33.3 Å². The van der Waals surface area contributed by atoms with Gasteiger partial charge in [-0.1, -0.05) is 0 Å². The predicted molar refractivity (Wildman–Crippen MR) is 52.4 cm³/mol. The molecule has 4 heteroatoms. The standard InChI is InChI=1S/C10H14N2O2/c1-7(13)8-5-11-9(12-6-8)14-10(2,3)4/h5-6H,1-4H3. The minimum absolute atomic E-state index is 0.0488. The number of carbonyl (C=O) groups excluding carboxylic acids is 1. The van der Waals surface area contributed by atoms with E-state index in [2.05, 4.69) is 9.97 Å². The van der Waals surface area contributed by atoms with Gasteiger partial charge in [-0.05, 0) is 27.7 Å². The van der Waals surface area contributed by atoms with E-state index < -0.39 is 0 Å². The fourth-order valence-electron chi connectivity index (χ4n) is 0.825. The van der Waals surface area contributed by atoms with Crippen molar-refractivity contribution in [3.8, 4) is 6.01 Å². The molecule has 0 aliphatic carbocycles. The molecule has 0 aliphatic heterocycles. The summed E-state index contributed by atoms with van der Waals surface area (Å²) in [6.07, 6.45) is 2.94. The van der Waals surface area contributed by atoms with Crippen molar-refractivity contribution in [3.05, 3.63) is 18.0 Å². The molecule has 0 atom stereocenters. The summed E-state index contributed by atoms with van der Waals surface area (Å²) in [5, 5.41) is 0. The van der Waals surface area contributed by atoms with Crippen LogP contribution in [0.25, 0.3) is 0 Å². The maximum Gasteiger partial charge on any atom is 0.316 e. The first-order valence-electron chi connectivity index (χ1n) is 4.40. The van der Waals surface area contributed by atoms with Crippen molar-refractivity contribution in [3.63, 3.8) is 0 Å². The van der Waals surface area contributed by atoms with Crippen LogP contribution in [-0.2, 0) is 0 Å². The van der Waals surface area contributed by atoms with Gasteiger partial charge in [0.2, 0.25) is 0 Å². The highest BCUT2D eigenvalue weighted by Gasteiger charge is 2.13. The lowest BCUT2D eigenvalue weighted by Crippen LogP contribution is -2.24. The van der Waals surface area contributed by atoms with Crippen LogP contribution in [0.1, 0.15) is 38.1 Å². The first-order valence-corrected chi connectivity index (χ1v) is 4.40. The highest BCUT2D eigenvalue weighted by Crippen LogP contribution is 2.12. The third-order valence-electron chi connectivity index (χ3n) is 1.43. The van der Waals surface area contributed by atoms with Gasteiger partial charge < -0.3 is 4.74 Å². The normalized spacial score (nSPS) is 11.1. The van der Waals surface area contributed by atoms with E-state index in [9.17, 15) is 4.79 Å². The van der Waals surface area contributed by atoms with E-state index in [0.29, 0.717) is 11.6 Å². The SMILES string of the molecule is CC(=O)c1cnc(OC(C)(C)C)nc1. The predicted octanol–water partition coefficient (Wildman–Crippen LogP) is 1.86. The van der Waals surface area contributed by atoms with Crippen LogP contribution < -0.4 is 4.74 Å². The Balaban J connectivity index is 2.79. The lowest BCUT2D eigenvalue weighted by molar-refractivity contribution is 0.101. The van der Waals surface area contributed by atoms with Crippen LogP contribution in [0.3, 0.4) is 0 Å². The molecule has 1 heterocycles. The number of carbonyl (C=O) groups is 1. The topological polar surface area (TPSA) is 52.1 Å². The van der Waals surface area contributed by atoms with Gasteiger partial charge in [0.25, 0.3) is 0 Å². The van der Waals surface area contributed by atoms with Gasteiger partial charge in [0.1, 0.15) is 5.60 Å². The number of Topliss-reactive ketones (excluding diaryl/α,β-unsaturated/α-hetero) is 1. The van der Waals surface area contributed by atoms with E-state index in [1.165, 1.54) is 19.3 Å². The van der Waals surface area contributed by atoms with Crippen LogP contribution >= 0.6 is 0 Å². The number of ketones is 1. The molecule has 0 radical (unpaired) electrons. The Morgan fingerprint density at radius 3 is 2.14 bits per heavy atom. The van der Waals surface area contributed by atoms with Crippen molar-refractivity contribution in [1.29, 1.82) is 0 Å². The molecule has 0 aliphatic rings. The van der Waals surface area contributed by atoms with Crippen molar-refractivity contribution in [2.24, 2.45) is 0 Å². The fraction of sp³-hybridized carbons (Fsp3) is 0.500. The van der Waals surface area contributed by atoms with Gasteiger partial charge in [-0.3, -0.25) is 4.79 Å². The molecule has 0 bridgehead atoms. The summed E-state index contributed by atoms with van der Waals surface area (Å²) in [5.41, 5.74) is 0.170. The number of aromatic nitrogens is 2. The zero-order chi connectivity index (χ0) is 10.8. The first-order chi connectivity index (χ1) is 6.38. The molecule has 4 nitrogen and oxygen atoms in total. The Bertz CT molecular complexity index is 325. The van der Waals surface area contributed by atoms with Crippen LogP contribution in [0.5, 0.6) is 6.01 Å². The number of hydrogen-bond acceptors (Lipinski definition) is 4. The summed E-state index contributed by atoms with van der Waals surface area (Å²) in [7, 11) is 0.